The van der Waals surface area contributed by atoms with Crippen molar-refractivity contribution in [3.05, 3.63) is 0 Å². The number of hydrogen-bond acceptors (Lipinski definition) is 5. The summed E-state index contributed by atoms with van der Waals surface area (Å²) in [4.78, 5) is 14.6. The first-order chi connectivity index (χ1) is 12.6. The molecule has 1 unspecified atom stereocenters. The van der Waals surface area contributed by atoms with Gasteiger partial charge in [0.2, 0.25) is 11.1 Å². The van der Waals surface area contributed by atoms with E-state index in [-0.39, 0.29) is 5.91 Å². The van der Waals surface area contributed by atoms with Crippen molar-refractivity contribution in [2.75, 3.05) is 12.8 Å². The zero-order valence-electron chi connectivity index (χ0n) is 16.3. The van der Waals surface area contributed by atoms with Gasteiger partial charge in [-0.25, -0.2) is 4.68 Å². The van der Waals surface area contributed by atoms with Crippen molar-refractivity contribution in [1.82, 2.24) is 25.1 Å². The molecule has 2 aliphatic rings. The zero-order chi connectivity index (χ0) is 18.4. The zero-order valence-corrected chi connectivity index (χ0v) is 17.1. The highest BCUT2D eigenvalue weighted by molar-refractivity contribution is 7.99. The lowest BCUT2D eigenvalue weighted by molar-refractivity contribution is -0.133. The van der Waals surface area contributed by atoms with Crippen LogP contribution < -0.4 is 0 Å². The minimum atomic E-state index is 0.289. The molecule has 0 aromatic carbocycles. The molecule has 0 radical (unpaired) electrons. The standard InChI is InChI=1S/C19H33N5OS/c1-15(13-18(25)23(2)16-9-5-3-6-10-16)14-26-19-20-21-22-24(19)17-11-7-4-8-12-17/h15-17H,3-14H2,1-2H3. The van der Waals surface area contributed by atoms with Gasteiger partial charge in [-0.3, -0.25) is 4.79 Å². The monoisotopic (exact) mass is 379 g/mol. The Bertz CT molecular complexity index is 566. The Hall–Kier alpha value is -1.11. The van der Waals surface area contributed by atoms with Crippen LogP contribution in [-0.4, -0.2) is 49.9 Å². The maximum absolute atomic E-state index is 12.6. The molecule has 0 spiro atoms. The van der Waals surface area contributed by atoms with Crippen LogP contribution in [0.5, 0.6) is 0 Å². The van der Waals surface area contributed by atoms with Gasteiger partial charge in [-0.15, -0.1) is 5.10 Å². The van der Waals surface area contributed by atoms with E-state index in [4.69, 9.17) is 0 Å². The first-order valence-corrected chi connectivity index (χ1v) is 11.3. The first-order valence-electron chi connectivity index (χ1n) is 10.3. The van der Waals surface area contributed by atoms with Crippen molar-refractivity contribution in [1.29, 1.82) is 0 Å². The average Bonchev–Trinajstić information content (AvgIpc) is 3.16. The van der Waals surface area contributed by atoms with Crippen LogP contribution in [0.4, 0.5) is 0 Å². The summed E-state index contributed by atoms with van der Waals surface area (Å²) in [5.74, 6) is 1.50. The lowest BCUT2D eigenvalue weighted by atomic mass is 9.94. The second kappa shape index (κ2) is 9.72. The molecule has 0 bridgehead atoms. The highest BCUT2D eigenvalue weighted by atomic mass is 32.2. The first kappa shape index (κ1) is 19.6. The fourth-order valence-electron chi connectivity index (χ4n) is 4.23. The summed E-state index contributed by atoms with van der Waals surface area (Å²) in [6, 6.07) is 0.908. The lowest BCUT2D eigenvalue weighted by Gasteiger charge is -2.32. The molecule has 2 fully saturated rings. The van der Waals surface area contributed by atoms with Crippen LogP contribution in [0.2, 0.25) is 0 Å². The average molecular weight is 380 g/mol. The summed E-state index contributed by atoms with van der Waals surface area (Å²) in [5, 5.41) is 13.3. The smallest absolute Gasteiger partial charge is 0.222 e. The number of aromatic nitrogens is 4. The molecule has 0 aliphatic heterocycles. The molecule has 0 saturated heterocycles. The van der Waals surface area contributed by atoms with Crippen molar-refractivity contribution < 1.29 is 4.79 Å². The van der Waals surface area contributed by atoms with Crippen LogP contribution in [-0.2, 0) is 4.79 Å². The highest BCUT2D eigenvalue weighted by Crippen LogP contribution is 2.31. The van der Waals surface area contributed by atoms with Crippen LogP contribution in [0.3, 0.4) is 0 Å². The summed E-state index contributed by atoms with van der Waals surface area (Å²) >= 11 is 1.70. The van der Waals surface area contributed by atoms with Gasteiger partial charge in [-0.2, -0.15) is 0 Å². The number of amides is 1. The van der Waals surface area contributed by atoms with Crippen LogP contribution >= 0.6 is 11.8 Å². The summed E-state index contributed by atoms with van der Waals surface area (Å²) < 4.78 is 2.02. The third-order valence-corrected chi connectivity index (χ3v) is 7.18. The number of hydrogen-bond donors (Lipinski definition) is 0. The molecular formula is C19H33N5OS. The molecule has 26 heavy (non-hydrogen) atoms. The molecule has 0 N–H and O–H groups in total. The van der Waals surface area contributed by atoms with Crippen molar-refractivity contribution in [2.24, 2.45) is 5.92 Å². The fourth-order valence-corrected chi connectivity index (χ4v) is 5.19. The van der Waals surface area contributed by atoms with E-state index < -0.39 is 0 Å². The predicted octanol–water partition coefficient (Wildman–Crippen LogP) is 4.09. The molecule has 3 rings (SSSR count). The van der Waals surface area contributed by atoms with E-state index in [1.54, 1.807) is 11.8 Å². The molecule has 1 atom stereocenters. The fraction of sp³-hybridized carbons (Fsp3) is 0.895. The third-order valence-electron chi connectivity index (χ3n) is 5.92. The minimum absolute atomic E-state index is 0.289. The Morgan fingerprint density at radius 1 is 1.15 bits per heavy atom. The third kappa shape index (κ3) is 5.21. The Kier molecular flexibility index (Phi) is 7.34. The Morgan fingerprint density at radius 2 is 1.81 bits per heavy atom. The van der Waals surface area contributed by atoms with Crippen molar-refractivity contribution in [3.8, 4) is 0 Å². The molecule has 2 aliphatic carbocycles. The SMILES string of the molecule is CC(CSc1nnnn1C1CCCCC1)CC(=O)N(C)C1CCCCC1. The van der Waals surface area contributed by atoms with Gasteiger partial charge in [0.05, 0.1) is 6.04 Å². The van der Waals surface area contributed by atoms with E-state index in [1.165, 1.54) is 64.2 Å². The predicted molar refractivity (Wildman–Crippen MR) is 104 cm³/mol. The van der Waals surface area contributed by atoms with Crippen LogP contribution in [0.1, 0.15) is 83.6 Å². The topological polar surface area (TPSA) is 63.9 Å². The summed E-state index contributed by atoms with van der Waals surface area (Å²) in [7, 11) is 1.99. The van der Waals surface area contributed by atoms with Crippen molar-refractivity contribution >= 4 is 17.7 Å². The van der Waals surface area contributed by atoms with E-state index in [0.29, 0.717) is 24.4 Å². The number of nitrogens with zero attached hydrogens (tertiary/aromatic N) is 5. The van der Waals surface area contributed by atoms with E-state index in [0.717, 1.165) is 10.9 Å². The second-order valence-electron chi connectivity index (χ2n) is 8.11. The van der Waals surface area contributed by atoms with Gasteiger partial charge in [0.15, 0.2) is 0 Å². The van der Waals surface area contributed by atoms with Gasteiger partial charge in [0, 0.05) is 25.3 Å². The van der Waals surface area contributed by atoms with E-state index in [1.807, 2.05) is 16.6 Å². The number of carbonyl (C=O) groups is 1. The number of carbonyl (C=O) groups excluding carboxylic acids is 1. The largest absolute Gasteiger partial charge is 0.343 e. The molecule has 146 valence electrons. The maximum atomic E-state index is 12.6. The lowest BCUT2D eigenvalue weighted by Crippen LogP contribution is -2.39. The summed E-state index contributed by atoms with van der Waals surface area (Å²) in [6.45, 7) is 2.16. The molecular weight excluding hydrogens is 346 g/mol. The van der Waals surface area contributed by atoms with Crippen molar-refractivity contribution in [3.63, 3.8) is 0 Å². The molecule has 7 heteroatoms. The van der Waals surface area contributed by atoms with Crippen LogP contribution in [0, 0.1) is 5.92 Å². The molecule has 1 amide bonds. The van der Waals surface area contributed by atoms with E-state index >= 15 is 0 Å². The van der Waals surface area contributed by atoms with E-state index in [9.17, 15) is 4.79 Å². The normalized spacial score (nSPS) is 20.8. The summed E-state index contributed by atoms with van der Waals surface area (Å²) in [5.41, 5.74) is 0. The Morgan fingerprint density at radius 3 is 2.50 bits per heavy atom. The Labute approximate surface area is 161 Å². The van der Waals surface area contributed by atoms with Gasteiger partial charge >= 0.3 is 0 Å². The van der Waals surface area contributed by atoms with Gasteiger partial charge in [-0.1, -0.05) is 57.2 Å². The molecule has 1 aromatic rings. The van der Waals surface area contributed by atoms with Gasteiger partial charge < -0.3 is 4.90 Å². The van der Waals surface area contributed by atoms with E-state index in [2.05, 4.69) is 22.4 Å². The quantitative estimate of drug-likeness (QED) is 0.668. The van der Waals surface area contributed by atoms with Crippen molar-refractivity contribution in [2.45, 2.75) is 94.8 Å². The highest BCUT2D eigenvalue weighted by Gasteiger charge is 2.24. The molecule has 1 aromatic heterocycles. The number of thioether (sulfide) groups is 1. The molecule has 1 heterocycles. The Balaban J connectivity index is 1.46. The number of rotatable bonds is 7. The maximum Gasteiger partial charge on any atom is 0.222 e. The van der Waals surface area contributed by atoms with Crippen LogP contribution in [0.25, 0.3) is 0 Å². The van der Waals surface area contributed by atoms with Gasteiger partial charge in [0.1, 0.15) is 0 Å². The minimum Gasteiger partial charge on any atom is -0.343 e. The molecule has 2 saturated carbocycles. The molecule has 6 nitrogen and oxygen atoms in total. The van der Waals surface area contributed by atoms with Crippen LogP contribution in [0.15, 0.2) is 5.16 Å². The number of tetrazole rings is 1. The second-order valence-corrected chi connectivity index (χ2v) is 9.10. The van der Waals surface area contributed by atoms with Gasteiger partial charge in [0.25, 0.3) is 0 Å². The summed E-state index contributed by atoms with van der Waals surface area (Å²) in [6.07, 6.45) is 13.0. The van der Waals surface area contributed by atoms with Gasteiger partial charge in [-0.05, 0) is 42.0 Å².